The first-order valence-corrected chi connectivity index (χ1v) is 6.02. The van der Waals surface area contributed by atoms with Gasteiger partial charge in [-0.15, -0.1) is 0 Å². The number of rotatable bonds is 2. The summed E-state index contributed by atoms with van der Waals surface area (Å²) < 4.78 is 2.59. The van der Waals surface area contributed by atoms with Gasteiger partial charge in [0.25, 0.3) is 0 Å². The standard InChI is InChI=1S/C10H10BrClN4/c1-3-8-14-9(12)6(2)10(15-8)16-5-7(11)4-13-16/h4-5H,3H2,1-2H3. The van der Waals surface area contributed by atoms with Crippen LogP contribution in [0.4, 0.5) is 0 Å². The molecule has 16 heavy (non-hydrogen) atoms. The van der Waals surface area contributed by atoms with E-state index >= 15 is 0 Å². The molecule has 0 spiro atoms. The Bertz CT molecular complexity index is 524. The first-order chi connectivity index (χ1) is 7.61. The third kappa shape index (κ3) is 2.10. The second-order valence-corrected chi connectivity index (χ2v) is 4.61. The van der Waals surface area contributed by atoms with Crippen LogP contribution in [0.25, 0.3) is 5.82 Å². The van der Waals surface area contributed by atoms with E-state index in [1.54, 1.807) is 10.9 Å². The predicted octanol–water partition coefficient (Wildman–Crippen LogP) is 2.95. The van der Waals surface area contributed by atoms with Gasteiger partial charge in [0.1, 0.15) is 11.0 Å². The molecule has 0 fully saturated rings. The molecule has 0 bridgehead atoms. The molecule has 2 rings (SSSR count). The molecule has 0 aliphatic carbocycles. The van der Waals surface area contributed by atoms with Crippen LogP contribution >= 0.6 is 27.5 Å². The zero-order valence-corrected chi connectivity index (χ0v) is 11.2. The number of hydrogen-bond donors (Lipinski definition) is 0. The predicted molar refractivity (Wildman–Crippen MR) is 66.0 cm³/mol. The van der Waals surface area contributed by atoms with E-state index in [-0.39, 0.29) is 0 Å². The van der Waals surface area contributed by atoms with E-state index in [1.165, 1.54) is 0 Å². The molecule has 0 saturated carbocycles. The van der Waals surface area contributed by atoms with Crippen molar-refractivity contribution in [2.45, 2.75) is 20.3 Å². The number of nitrogens with zero attached hydrogens (tertiary/aromatic N) is 4. The van der Waals surface area contributed by atoms with Crippen molar-refractivity contribution in [3.63, 3.8) is 0 Å². The molecule has 0 unspecified atom stereocenters. The highest BCUT2D eigenvalue weighted by Gasteiger charge is 2.11. The van der Waals surface area contributed by atoms with E-state index in [0.717, 1.165) is 28.1 Å². The van der Waals surface area contributed by atoms with Gasteiger partial charge in [0.15, 0.2) is 5.82 Å². The highest BCUT2D eigenvalue weighted by atomic mass is 79.9. The third-order valence-electron chi connectivity index (χ3n) is 2.19. The Kier molecular flexibility index (Phi) is 3.25. The molecule has 6 heteroatoms. The van der Waals surface area contributed by atoms with Gasteiger partial charge in [0.2, 0.25) is 0 Å². The van der Waals surface area contributed by atoms with E-state index in [1.807, 2.05) is 20.0 Å². The molecule has 0 aromatic carbocycles. The van der Waals surface area contributed by atoms with Crippen LogP contribution in [0.15, 0.2) is 16.9 Å². The van der Waals surface area contributed by atoms with Crippen molar-refractivity contribution in [1.29, 1.82) is 0 Å². The molecule has 2 aromatic heterocycles. The Hall–Kier alpha value is -0.940. The van der Waals surface area contributed by atoms with Crippen molar-refractivity contribution in [2.24, 2.45) is 0 Å². The summed E-state index contributed by atoms with van der Waals surface area (Å²) in [5.41, 5.74) is 0.828. The second-order valence-electron chi connectivity index (χ2n) is 3.34. The molecule has 0 N–H and O–H groups in total. The average Bonchev–Trinajstić information content (AvgIpc) is 2.68. The lowest BCUT2D eigenvalue weighted by Crippen LogP contribution is -2.06. The van der Waals surface area contributed by atoms with Gasteiger partial charge in [-0.3, -0.25) is 0 Å². The summed E-state index contributed by atoms with van der Waals surface area (Å²) in [6.07, 6.45) is 4.29. The van der Waals surface area contributed by atoms with E-state index in [0.29, 0.717) is 5.15 Å². The maximum absolute atomic E-state index is 6.05. The Morgan fingerprint density at radius 1 is 1.44 bits per heavy atom. The minimum Gasteiger partial charge on any atom is -0.221 e. The van der Waals surface area contributed by atoms with Gasteiger partial charge in [0.05, 0.1) is 10.7 Å². The highest BCUT2D eigenvalue weighted by molar-refractivity contribution is 9.10. The van der Waals surface area contributed by atoms with Crippen LogP contribution in [0, 0.1) is 6.92 Å². The zero-order valence-electron chi connectivity index (χ0n) is 8.91. The fourth-order valence-corrected chi connectivity index (χ4v) is 1.79. The van der Waals surface area contributed by atoms with Crippen LogP contribution in [0.3, 0.4) is 0 Å². The van der Waals surface area contributed by atoms with Gasteiger partial charge >= 0.3 is 0 Å². The topological polar surface area (TPSA) is 43.6 Å². The van der Waals surface area contributed by atoms with E-state index in [4.69, 9.17) is 11.6 Å². The summed E-state index contributed by atoms with van der Waals surface area (Å²) in [7, 11) is 0. The summed E-state index contributed by atoms with van der Waals surface area (Å²) in [5.74, 6) is 1.44. The Balaban J connectivity index is 2.59. The summed E-state index contributed by atoms with van der Waals surface area (Å²) in [5, 5.41) is 4.66. The molecule has 0 aliphatic rings. The van der Waals surface area contributed by atoms with Crippen molar-refractivity contribution in [3.05, 3.63) is 33.4 Å². The fraction of sp³-hybridized carbons (Fsp3) is 0.300. The van der Waals surface area contributed by atoms with Crippen molar-refractivity contribution >= 4 is 27.5 Å². The van der Waals surface area contributed by atoms with Gasteiger partial charge in [-0.25, -0.2) is 14.6 Å². The van der Waals surface area contributed by atoms with Crippen LogP contribution in [0.2, 0.25) is 5.15 Å². The van der Waals surface area contributed by atoms with Gasteiger partial charge in [-0.05, 0) is 22.9 Å². The Morgan fingerprint density at radius 3 is 2.75 bits per heavy atom. The van der Waals surface area contributed by atoms with Crippen molar-refractivity contribution < 1.29 is 0 Å². The van der Waals surface area contributed by atoms with E-state index in [2.05, 4.69) is 31.0 Å². The lowest BCUT2D eigenvalue weighted by atomic mass is 10.3. The summed E-state index contributed by atoms with van der Waals surface area (Å²) >= 11 is 9.40. The van der Waals surface area contributed by atoms with E-state index in [9.17, 15) is 0 Å². The molecular weight excluding hydrogens is 291 g/mol. The maximum Gasteiger partial charge on any atom is 0.161 e. The molecule has 84 valence electrons. The number of hydrogen-bond acceptors (Lipinski definition) is 3. The molecule has 0 aliphatic heterocycles. The van der Waals surface area contributed by atoms with Crippen LogP contribution in [-0.2, 0) is 6.42 Å². The molecule has 0 amide bonds. The quantitative estimate of drug-likeness (QED) is 0.801. The largest absolute Gasteiger partial charge is 0.221 e. The number of halogens is 2. The molecule has 0 radical (unpaired) electrons. The van der Waals surface area contributed by atoms with Crippen molar-refractivity contribution in [1.82, 2.24) is 19.7 Å². The minimum absolute atomic E-state index is 0.480. The summed E-state index contributed by atoms with van der Waals surface area (Å²) in [6.45, 7) is 3.87. The first kappa shape index (κ1) is 11.5. The molecular formula is C10H10BrClN4. The highest BCUT2D eigenvalue weighted by Crippen LogP contribution is 2.20. The lowest BCUT2D eigenvalue weighted by Gasteiger charge is -2.07. The van der Waals surface area contributed by atoms with Gasteiger partial charge in [-0.1, -0.05) is 18.5 Å². The zero-order chi connectivity index (χ0) is 11.7. The van der Waals surface area contributed by atoms with Gasteiger partial charge in [-0.2, -0.15) is 5.10 Å². The van der Waals surface area contributed by atoms with Crippen molar-refractivity contribution in [3.8, 4) is 5.82 Å². The van der Waals surface area contributed by atoms with Crippen LogP contribution in [-0.4, -0.2) is 19.7 Å². The number of aromatic nitrogens is 4. The van der Waals surface area contributed by atoms with Crippen LogP contribution in [0.5, 0.6) is 0 Å². The second kappa shape index (κ2) is 4.51. The summed E-state index contributed by atoms with van der Waals surface area (Å²) in [4.78, 5) is 8.60. The SMILES string of the molecule is CCc1nc(Cl)c(C)c(-n2cc(Br)cn2)n1. The molecule has 0 saturated heterocycles. The van der Waals surface area contributed by atoms with Crippen molar-refractivity contribution in [2.75, 3.05) is 0 Å². The van der Waals surface area contributed by atoms with Crippen LogP contribution < -0.4 is 0 Å². The summed E-state index contributed by atoms with van der Waals surface area (Å²) in [6, 6.07) is 0. The fourth-order valence-electron chi connectivity index (χ4n) is 1.32. The lowest BCUT2D eigenvalue weighted by molar-refractivity contribution is 0.802. The Labute approximate surface area is 107 Å². The number of aryl methyl sites for hydroxylation is 1. The monoisotopic (exact) mass is 300 g/mol. The first-order valence-electron chi connectivity index (χ1n) is 4.85. The minimum atomic E-state index is 0.480. The molecule has 2 aromatic rings. The molecule has 4 nitrogen and oxygen atoms in total. The smallest absolute Gasteiger partial charge is 0.161 e. The molecule has 2 heterocycles. The van der Waals surface area contributed by atoms with Crippen LogP contribution in [0.1, 0.15) is 18.3 Å². The van der Waals surface area contributed by atoms with Gasteiger partial charge < -0.3 is 0 Å². The maximum atomic E-state index is 6.05. The third-order valence-corrected chi connectivity index (χ3v) is 2.97. The Morgan fingerprint density at radius 2 is 2.19 bits per heavy atom. The van der Waals surface area contributed by atoms with Gasteiger partial charge in [0, 0.05) is 18.2 Å². The normalized spacial score (nSPS) is 10.8. The molecule has 0 atom stereocenters. The van der Waals surface area contributed by atoms with E-state index < -0.39 is 0 Å². The average molecular weight is 302 g/mol.